The van der Waals surface area contributed by atoms with Crippen LogP contribution in [-0.4, -0.2) is 11.3 Å². The van der Waals surface area contributed by atoms with Crippen molar-refractivity contribution in [3.63, 3.8) is 0 Å². The highest BCUT2D eigenvalue weighted by atomic mass is 35.5. The van der Waals surface area contributed by atoms with Gasteiger partial charge >= 0.3 is 6.18 Å². The molecule has 1 fully saturated rings. The highest BCUT2D eigenvalue weighted by Crippen LogP contribution is 2.40. The van der Waals surface area contributed by atoms with Crippen molar-refractivity contribution >= 4 is 11.6 Å². The fraction of sp³-hybridized carbons (Fsp3) is 0.385. The van der Waals surface area contributed by atoms with E-state index in [-0.39, 0.29) is 16.5 Å². The minimum Gasteiger partial charge on any atom is -0.366 e. The molecule has 1 aliphatic carbocycles. The van der Waals surface area contributed by atoms with Gasteiger partial charge in [-0.3, -0.25) is 0 Å². The van der Waals surface area contributed by atoms with Crippen LogP contribution >= 0.6 is 11.6 Å². The maximum Gasteiger partial charge on any atom is 0.433 e. The summed E-state index contributed by atoms with van der Waals surface area (Å²) in [5.41, 5.74) is -3.50. The molecule has 1 nitrogen and oxygen atoms in total. The van der Waals surface area contributed by atoms with Crippen LogP contribution in [0.15, 0.2) is 24.3 Å². The fourth-order valence-electron chi connectivity index (χ4n) is 1.45. The Bertz CT molecular complexity index is 511. The van der Waals surface area contributed by atoms with Crippen LogP contribution in [0.4, 0.5) is 13.2 Å². The molecule has 0 bridgehead atoms. The lowest BCUT2D eigenvalue weighted by Crippen LogP contribution is -2.41. The summed E-state index contributed by atoms with van der Waals surface area (Å²) >= 11 is 5.65. The molecular formula is C13H10ClF3O. The standard InChI is InChI=1S/C13H10ClF3O/c14-11-3-1-2-10(8-11)12(18,13(15,16)17)7-6-9-4-5-9/h1-3,8-9,18H,4-5H2/t12-/m1/s1. The molecule has 0 spiro atoms. The second-order valence-corrected chi connectivity index (χ2v) is 4.70. The Balaban J connectivity index is 2.45. The molecule has 0 radical (unpaired) electrons. The van der Waals surface area contributed by atoms with Crippen molar-refractivity contribution in [1.82, 2.24) is 0 Å². The molecule has 0 heterocycles. The summed E-state index contributed by atoms with van der Waals surface area (Å²) in [6.07, 6.45) is -3.29. The highest BCUT2D eigenvalue weighted by Gasteiger charge is 2.54. The average molecular weight is 275 g/mol. The summed E-state index contributed by atoms with van der Waals surface area (Å²) < 4.78 is 39.0. The smallest absolute Gasteiger partial charge is 0.366 e. The zero-order chi connectivity index (χ0) is 13.4. The van der Waals surface area contributed by atoms with Gasteiger partial charge in [0, 0.05) is 16.5 Å². The van der Waals surface area contributed by atoms with E-state index in [0.29, 0.717) is 0 Å². The number of benzene rings is 1. The maximum atomic E-state index is 13.0. The molecule has 0 saturated heterocycles. The summed E-state index contributed by atoms with van der Waals surface area (Å²) in [6.45, 7) is 0. The zero-order valence-corrected chi connectivity index (χ0v) is 10.0. The van der Waals surface area contributed by atoms with Crippen molar-refractivity contribution in [3.8, 4) is 11.8 Å². The largest absolute Gasteiger partial charge is 0.433 e. The van der Waals surface area contributed by atoms with Gasteiger partial charge in [-0.15, -0.1) is 0 Å². The molecule has 1 saturated carbocycles. The number of hydrogen-bond donors (Lipinski definition) is 1. The fourth-order valence-corrected chi connectivity index (χ4v) is 1.64. The Labute approximate surface area is 108 Å². The molecule has 2 rings (SSSR count). The van der Waals surface area contributed by atoms with Crippen molar-refractivity contribution in [2.75, 3.05) is 0 Å². The van der Waals surface area contributed by atoms with Gasteiger partial charge in [-0.2, -0.15) is 13.2 Å². The van der Waals surface area contributed by atoms with Crippen LogP contribution in [0.5, 0.6) is 0 Å². The Kier molecular flexibility index (Phi) is 3.31. The second kappa shape index (κ2) is 4.49. The first-order chi connectivity index (χ1) is 8.33. The number of halogens is 4. The topological polar surface area (TPSA) is 20.2 Å². The maximum absolute atomic E-state index is 13.0. The normalized spacial score (nSPS) is 18.7. The summed E-state index contributed by atoms with van der Waals surface area (Å²) in [5, 5.41) is 9.99. The number of aliphatic hydroxyl groups is 1. The molecule has 1 aromatic carbocycles. The molecule has 1 aromatic rings. The lowest BCUT2D eigenvalue weighted by Gasteiger charge is -2.25. The van der Waals surface area contributed by atoms with E-state index in [0.717, 1.165) is 18.9 Å². The second-order valence-electron chi connectivity index (χ2n) is 4.26. The minimum atomic E-state index is -4.86. The van der Waals surface area contributed by atoms with Gasteiger partial charge in [-0.05, 0) is 25.0 Å². The summed E-state index contributed by atoms with van der Waals surface area (Å²) in [5.74, 6) is 4.39. The molecule has 0 aliphatic heterocycles. The first-order valence-electron chi connectivity index (χ1n) is 5.41. The Morgan fingerprint density at radius 3 is 2.44 bits per heavy atom. The summed E-state index contributed by atoms with van der Waals surface area (Å²) in [4.78, 5) is 0. The zero-order valence-electron chi connectivity index (χ0n) is 9.26. The van der Waals surface area contributed by atoms with Gasteiger partial charge in [0.1, 0.15) is 0 Å². The SMILES string of the molecule is O[C@](C#CC1CC1)(c1cccc(Cl)c1)C(F)(F)F. The number of rotatable bonds is 1. The molecule has 0 unspecified atom stereocenters. The van der Waals surface area contributed by atoms with Crippen LogP contribution in [-0.2, 0) is 5.60 Å². The Hall–Kier alpha value is -1.18. The van der Waals surface area contributed by atoms with Crippen LogP contribution in [0.3, 0.4) is 0 Å². The van der Waals surface area contributed by atoms with E-state index in [1.165, 1.54) is 18.2 Å². The van der Waals surface area contributed by atoms with Crippen LogP contribution in [0.2, 0.25) is 5.02 Å². The van der Waals surface area contributed by atoms with E-state index >= 15 is 0 Å². The van der Waals surface area contributed by atoms with E-state index in [9.17, 15) is 18.3 Å². The van der Waals surface area contributed by atoms with Gasteiger partial charge in [0.25, 0.3) is 0 Å². The van der Waals surface area contributed by atoms with Gasteiger partial charge in [0.05, 0.1) is 0 Å². The third-order valence-corrected chi connectivity index (χ3v) is 2.92. The van der Waals surface area contributed by atoms with E-state index in [1.807, 2.05) is 5.92 Å². The van der Waals surface area contributed by atoms with E-state index in [4.69, 9.17) is 11.6 Å². The third kappa shape index (κ3) is 2.63. The predicted molar refractivity (Wildman–Crippen MR) is 61.9 cm³/mol. The van der Waals surface area contributed by atoms with Crippen molar-refractivity contribution in [2.45, 2.75) is 24.6 Å². The van der Waals surface area contributed by atoms with Gasteiger partial charge in [-0.25, -0.2) is 0 Å². The molecule has 0 amide bonds. The molecule has 96 valence electrons. The summed E-state index contributed by atoms with van der Waals surface area (Å²) in [6, 6.07) is 5.04. The van der Waals surface area contributed by atoms with Gasteiger partial charge in [0.2, 0.25) is 5.60 Å². The predicted octanol–water partition coefficient (Wildman–Crippen LogP) is 3.50. The first-order valence-corrected chi connectivity index (χ1v) is 5.78. The lowest BCUT2D eigenvalue weighted by molar-refractivity contribution is -0.240. The van der Waals surface area contributed by atoms with Crippen molar-refractivity contribution in [3.05, 3.63) is 34.9 Å². The van der Waals surface area contributed by atoms with Crippen LogP contribution in [0.1, 0.15) is 18.4 Å². The van der Waals surface area contributed by atoms with Crippen LogP contribution in [0, 0.1) is 17.8 Å². The van der Waals surface area contributed by atoms with Crippen molar-refractivity contribution in [2.24, 2.45) is 5.92 Å². The lowest BCUT2D eigenvalue weighted by atomic mass is 9.93. The molecule has 1 aliphatic rings. The monoisotopic (exact) mass is 274 g/mol. The van der Waals surface area contributed by atoms with E-state index in [2.05, 4.69) is 5.92 Å². The Morgan fingerprint density at radius 2 is 1.94 bits per heavy atom. The molecule has 0 aromatic heterocycles. The van der Waals surface area contributed by atoms with Crippen molar-refractivity contribution in [1.29, 1.82) is 0 Å². The average Bonchev–Trinajstić information content (AvgIpc) is 3.08. The quantitative estimate of drug-likeness (QED) is 0.777. The Morgan fingerprint density at radius 1 is 1.28 bits per heavy atom. The van der Waals surface area contributed by atoms with Gasteiger partial charge in [-0.1, -0.05) is 35.6 Å². The third-order valence-electron chi connectivity index (χ3n) is 2.69. The van der Waals surface area contributed by atoms with Gasteiger partial charge < -0.3 is 5.11 Å². The van der Waals surface area contributed by atoms with Crippen LogP contribution < -0.4 is 0 Å². The van der Waals surface area contributed by atoms with Gasteiger partial charge in [0.15, 0.2) is 0 Å². The molecular weight excluding hydrogens is 265 g/mol. The van der Waals surface area contributed by atoms with E-state index in [1.54, 1.807) is 0 Å². The summed E-state index contributed by atoms with van der Waals surface area (Å²) in [7, 11) is 0. The number of alkyl halides is 3. The van der Waals surface area contributed by atoms with Crippen molar-refractivity contribution < 1.29 is 18.3 Å². The molecule has 18 heavy (non-hydrogen) atoms. The minimum absolute atomic E-state index is 0.0296. The van der Waals surface area contributed by atoms with E-state index < -0.39 is 11.8 Å². The number of hydrogen-bond acceptors (Lipinski definition) is 1. The molecule has 1 atom stereocenters. The molecule has 1 N–H and O–H groups in total. The van der Waals surface area contributed by atoms with Crippen LogP contribution in [0.25, 0.3) is 0 Å². The molecule has 5 heteroatoms. The first kappa shape index (κ1) is 13.3. The highest BCUT2D eigenvalue weighted by molar-refractivity contribution is 6.30.